The molecule has 9 nitrogen and oxygen atoms in total. The van der Waals surface area contributed by atoms with Crippen LogP contribution in [0, 0.1) is 10.1 Å². The second kappa shape index (κ2) is 11.2. The molecule has 11 heteroatoms. The quantitative estimate of drug-likeness (QED) is 0.160. The summed E-state index contributed by atoms with van der Waals surface area (Å²) in [6.45, 7) is 3.60. The van der Waals surface area contributed by atoms with Crippen LogP contribution in [0.2, 0.25) is 5.02 Å². The summed E-state index contributed by atoms with van der Waals surface area (Å²) in [6.07, 6.45) is -0.490. The van der Waals surface area contributed by atoms with E-state index < -0.39 is 16.3 Å². The first-order valence-corrected chi connectivity index (χ1v) is 12.2. The molecule has 0 radical (unpaired) electrons. The third-order valence-corrected chi connectivity index (χ3v) is 6.53. The van der Waals surface area contributed by atoms with Gasteiger partial charge in [0.25, 0.3) is 5.69 Å². The summed E-state index contributed by atoms with van der Waals surface area (Å²) in [5, 5.41) is 22.8. The molecule has 36 heavy (non-hydrogen) atoms. The number of nitrogens with zero attached hydrogens (tertiary/aromatic N) is 4. The van der Waals surface area contributed by atoms with Gasteiger partial charge in [0.1, 0.15) is 5.75 Å². The van der Waals surface area contributed by atoms with Gasteiger partial charge in [-0.3, -0.25) is 19.5 Å². The fourth-order valence-electron chi connectivity index (χ4n) is 3.35. The molecule has 1 amide bonds. The molecular weight excluding hydrogens is 502 g/mol. The van der Waals surface area contributed by atoms with E-state index in [9.17, 15) is 14.9 Å². The third kappa shape index (κ3) is 5.84. The van der Waals surface area contributed by atoms with Crippen molar-refractivity contribution in [1.82, 2.24) is 14.8 Å². The van der Waals surface area contributed by atoms with Gasteiger partial charge in [0.05, 0.1) is 15.2 Å². The molecule has 0 aliphatic heterocycles. The Morgan fingerprint density at radius 1 is 1.03 bits per heavy atom. The number of nitro groups is 1. The first-order valence-electron chi connectivity index (χ1n) is 11.0. The van der Waals surface area contributed by atoms with Gasteiger partial charge in [0.15, 0.2) is 17.1 Å². The van der Waals surface area contributed by atoms with E-state index >= 15 is 0 Å². The van der Waals surface area contributed by atoms with Crippen LogP contribution in [0.5, 0.6) is 5.75 Å². The van der Waals surface area contributed by atoms with Crippen LogP contribution >= 0.6 is 23.4 Å². The Morgan fingerprint density at radius 2 is 1.69 bits per heavy atom. The number of hydrogen-bond acceptors (Lipinski definition) is 7. The third-order valence-electron chi connectivity index (χ3n) is 5.17. The molecule has 0 spiro atoms. The molecule has 2 unspecified atom stereocenters. The highest BCUT2D eigenvalue weighted by Gasteiger charge is 2.25. The Balaban J connectivity index is 1.56. The lowest BCUT2D eigenvalue weighted by atomic mass is 10.3. The number of hydrogen-bond donors (Lipinski definition) is 1. The van der Waals surface area contributed by atoms with E-state index in [1.54, 1.807) is 19.1 Å². The Morgan fingerprint density at radius 3 is 2.36 bits per heavy atom. The SMILES string of the molecule is CC(Sc1nnc(C(C)Oc2ccccc2Cl)n1-c1ccccc1)C(=O)Nc1ccc([N+](=O)[O-])cc1. The predicted molar refractivity (Wildman–Crippen MR) is 139 cm³/mol. The van der Waals surface area contributed by atoms with E-state index in [2.05, 4.69) is 15.5 Å². The van der Waals surface area contributed by atoms with Gasteiger partial charge in [-0.25, -0.2) is 0 Å². The van der Waals surface area contributed by atoms with E-state index in [1.165, 1.54) is 36.0 Å². The number of carbonyl (C=O) groups excluding carboxylic acids is 1. The summed E-state index contributed by atoms with van der Waals surface area (Å²) in [5.74, 6) is 0.796. The molecule has 4 aromatic rings. The number of benzene rings is 3. The van der Waals surface area contributed by atoms with Gasteiger partial charge in [-0.1, -0.05) is 53.7 Å². The van der Waals surface area contributed by atoms with Gasteiger partial charge < -0.3 is 10.1 Å². The molecular formula is C25H22ClN5O4S. The van der Waals surface area contributed by atoms with Crippen molar-refractivity contribution in [1.29, 1.82) is 0 Å². The van der Waals surface area contributed by atoms with E-state index in [1.807, 2.05) is 54.0 Å². The number of amides is 1. The summed E-state index contributed by atoms with van der Waals surface area (Å²) in [5.41, 5.74) is 1.23. The van der Waals surface area contributed by atoms with E-state index in [-0.39, 0.29) is 11.6 Å². The fraction of sp³-hybridized carbons (Fsp3) is 0.160. The van der Waals surface area contributed by atoms with Gasteiger partial charge in [-0.05, 0) is 50.2 Å². The maximum atomic E-state index is 12.8. The number of halogens is 1. The Hall–Kier alpha value is -3.89. The van der Waals surface area contributed by atoms with E-state index in [4.69, 9.17) is 16.3 Å². The lowest BCUT2D eigenvalue weighted by Gasteiger charge is -2.18. The van der Waals surface area contributed by atoms with Gasteiger partial charge in [0, 0.05) is 23.5 Å². The van der Waals surface area contributed by atoms with Gasteiger partial charge in [0.2, 0.25) is 5.91 Å². The minimum Gasteiger partial charge on any atom is -0.481 e. The zero-order valence-electron chi connectivity index (χ0n) is 19.4. The van der Waals surface area contributed by atoms with Gasteiger partial charge in [-0.2, -0.15) is 0 Å². The zero-order chi connectivity index (χ0) is 25.7. The summed E-state index contributed by atoms with van der Waals surface area (Å²) in [4.78, 5) is 23.2. The molecule has 0 bridgehead atoms. The number of ether oxygens (including phenoxy) is 1. The monoisotopic (exact) mass is 523 g/mol. The minimum absolute atomic E-state index is 0.0490. The minimum atomic E-state index is -0.542. The van der Waals surface area contributed by atoms with Crippen LogP contribution in [-0.4, -0.2) is 30.8 Å². The summed E-state index contributed by atoms with van der Waals surface area (Å²) in [7, 11) is 0. The van der Waals surface area contributed by atoms with E-state index in [0.717, 1.165) is 5.69 Å². The number of carbonyl (C=O) groups is 1. The number of para-hydroxylation sites is 2. The summed E-state index contributed by atoms with van der Waals surface area (Å²) >= 11 is 7.50. The number of non-ortho nitro benzene ring substituents is 1. The average Bonchev–Trinajstić information content (AvgIpc) is 3.29. The number of thioether (sulfide) groups is 1. The van der Waals surface area contributed by atoms with Crippen LogP contribution in [-0.2, 0) is 4.79 Å². The molecule has 0 fully saturated rings. The maximum Gasteiger partial charge on any atom is 0.269 e. The van der Waals surface area contributed by atoms with Crippen molar-refractivity contribution in [2.24, 2.45) is 0 Å². The lowest BCUT2D eigenvalue weighted by Crippen LogP contribution is -2.23. The van der Waals surface area contributed by atoms with Gasteiger partial charge in [-0.15, -0.1) is 10.2 Å². The fourth-order valence-corrected chi connectivity index (χ4v) is 4.40. The van der Waals surface area contributed by atoms with Crippen LogP contribution < -0.4 is 10.1 Å². The number of aromatic nitrogens is 3. The van der Waals surface area contributed by atoms with E-state index in [0.29, 0.717) is 27.4 Å². The summed E-state index contributed by atoms with van der Waals surface area (Å²) < 4.78 is 7.92. The van der Waals surface area contributed by atoms with Crippen LogP contribution in [0.1, 0.15) is 25.8 Å². The van der Waals surface area contributed by atoms with Crippen molar-refractivity contribution >= 4 is 40.6 Å². The topological polar surface area (TPSA) is 112 Å². The Labute approximate surface area is 216 Å². The normalized spacial score (nSPS) is 12.5. The highest BCUT2D eigenvalue weighted by molar-refractivity contribution is 8.00. The lowest BCUT2D eigenvalue weighted by molar-refractivity contribution is -0.384. The highest BCUT2D eigenvalue weighted by atomic mass is 35.5. The van der Waals surface area contributed by atoms with Crippen molar-refractivity contribution in [2.75, 3.05) is 5.32 Å². The maximum absolute atomic E-state index is 12.8. The van der Waals surface area contributed by atoms with Gasteiger partial charge >= 0.3 is 0 Å². The highest BCUT2D eigenvalue weighted by Crippen LogP contribution is 2.32. The molecule has 1 aromatic heterocycles. The first kappa shape index (κ1) is 25.2. The van der Waals surface area contributed by atoms with Crippen molar-refractivity contribution in [3.05, 3.63) is 99.8 Å². The summed E-state index contributed by atoms with van der Waals surface area (Å²) in [6, 6.07) is 22.4. The van der Waals surface area contributed by atoms with Crippen molar-refractivity contribution < 1.29 is 14.5 Å². The van der Waals surface area contributed by atoms with Crippen LogP contribution in [0.3, 0.4) is 0 Å². The van der Waals surface area contributed by atoms with Crippen molar-refractivity contribution in [3.8, 4) is 11.4 Å². The Kier molecular flexibility index (Phi) is 7.87. The number of rotatable bonds is 9. The van der Waals surface area contributed by atoms with Crippen LogP contribution in [0.15, 0.2) is 84.0 Å². The number of nitrogens with one attached hydrogen (secondary N) is 1. The predicted octanol–water partition coefficient (Wildman–Crippen LogP) is 6.09. The molecule has 3 aromatic carbocycles. The average molecular weight is 524 g/mol. The number of anilines is 1. The second-order valence-corrected chi connectivity index (χ2v) is 9.47. The van der Waals surface area contributed by atoms with Crippen LogP contribution in [0.25, 0.3) is 5.69 Å². The molecule has 184 valence electrons. The van der Waals surface area contributed by atoms with Crippen molar-refractivity contribution in [2.45, 2.75) is 30.4 Å². The molecule has 0 aliphatic rings. The largest absolute Gasteiger partial charge is 0.481 e. The number of nitro benzene ring substituents is 1. The smallest absolute Gasteiger partial charge is 0.269 e. The molecule has 4 rings (SSSR count). The molecule has 1 heterocycles. The Bertz CT molecular complexity index is 1360. The first-order chi connectivity index (χ1) is 17.3. The van der Waals surface area contributed by atoms with Crippen LogP contribution in [0.4, 0.5) is 11.4 Å². The zero-order valence-corrected chi connectivity index (χ0v) is 20.9. The molecule has 0 saturated heterocycles. The molecule has 0 aliphatic carbocycles. The van der Waals surface area contributed by atoms with Crippen molar-refractivity contribution in [3.63, 3.8) is 0 Å². The standard InChI is InChI=1S/C25H22ClN5O4S/c1-16(35-22-11-7-6-10-21(22)26)23-28-29-25(30(23)19-8-4-3-5-9-19)36-17(2)24(32)27-18-12-14-20(15-13-18)31(33)34/h3-17H,1-2H3,(H,27,32). The molecule has 1 N–H and O–H groups in total. The molecule has 2 atom stereocenters. The molecule has 0 saturated carbocycles. The second-order valence-electron chi connectivity index (χ2n) is 7.76.